The molecule has 0 heterocycles. The zero-order chi connectivity index (χ0) is 24.5. The van der Waals surface area contributed by atoms with E-state index in [9.17, 15) is 9.59 Å². The van der Waals surface area contributed by atoms with Crippen molar-refractivity contribution in [1.82, 2.24) is 5.43 Å². The fourth-order valence-corrected chi connectivity index (χ4v) is 3.22. The third-order valence-electron chi connectivity index (χ3n) is 4.44. The lowest BCUT2D eigenvalue weighted by Gasteiger charge is -2.13. The first-order valence-electron chi connectivity index (χ1n) is 9.93. The van der Waals surface area contributed by atoms with Gasteiger partial charge >= 0.3 is 0 Å². The Bertz CT molecular complexity index is 1200. The first-order chi connectivity index (χ1) is 16.4. The SMILES string of the molecule is COc1cccc(C(=O)N/N=C/c2cc(Cl)c(OCC(=O)Nc3ccc(Cl)cc3)c(OC)c2)c1. The van der Waals surface area contributed by atoms with Crippen LogP contribution in [0.3, 0.4) is 0 Å². The maximum atomic E-state index is 12.2. The number of anilines is 1. The lowest BCUT2D eigenvalue weighted by Crippen LogP contribution is -2.20. The molecule has 0 saturated heterocycles. The van der Waals surface area contributed by atoms with E-state index >= 15 is 0 Å². The number of hydrazone groups is 1. The topological polar surface area (TPSA) is 98.3 Å². The number of carbonyl (C=O) groups is 2. The predicted molar refractivity (Wildman–Crippen MR) is 132 cm³/mol. The Kier molecular flexibility index (Phi) is 8.73. The Balaban J connectivity index is 1.62. The second kappa shape index (κ2) is 11.9. The lowest BCUT2D eigenvalue weighted by molar-refractivity contribution is -0.118. The molecule has 0 fully saturated rings. The Hall–Kier alpha value is -3.75. The number of rotatable bonds is 9. The summed E-state index contributed by atoms with van der Waals surface area (Å²) in [5.74, 6) is 0.275. The summed E-state index contributed by atoms with van der Waals surface area (Å²) in [5, 5.41) is 7.42. The van der Waals surface area contributed by atoms with Crippen molar-refractivity contribution in [3.05, 3.63) is 81.8 Å². The summed E-state index contributed by atoms with van der Waals surface area (Å²) < 4.78 is 16.0. The van der Waals surface area contributed by atoms with Crippen LogP contribution in [0.5, 0.6) is 17.2 Å². The number of carbonyl (C=O) groups excluding carboxylic acids is 2. The molecule has 8 nitrogen and oxygen atoms in total. The minimum absolute atomic E-state index is 0.202. The molecular formula is C24H21Cl2N3O5. The molecular weight excluding hydrogens is 481 g/mol. The molecule has 0 atom stereocenters. The monoisotopic (exact) mass is 501 g/mol. The first-order valence-corrected chi connectivity index (χ1v) is 10.7. The van der Waals surface area contributed by atoms with Crippen LogP contribution in [0.25, 0.3) is 0 Å². The minimum Gasteiger partial charge on any atom is -0.497 e. The van der Waals surface area contributed by atoms with Crippen LogP contribution in [0.2, 0.25) is 10.0 Å². The van der Waals surface area contributed by atoms with E-state index in [4.69, 9.17) is 37.4 Å². The van der Waals surface area contributed by atoms with Gasteiger partial charge in [-0.3, -0.25) is 9.59 Å². The third-order valence-corrected chi connectivity index (χ3v) is 4.97. The number of halogens is 2. The molecule has 10 heteroatoms. The van der Waals surface area contributed by atoms with Gasteiger partial charge in [0, 0.05) is 16.3 Å². The number of hydrogen-bond donors (Lipinski definition) is 2. The number of nitrogens with zero attached hydrogens (tertiary/aromatic N) is 1. The maximum Gasteiger partial charge on any atom is 0.271 e. The quantitative estimate of drug-likeness (QED) is 0.324. The van der Waals surface area contributed by atoms with Crippen LogP contribution < -0.4 is 25.0 Å². The van der Waals surface area contributed by atoms with Crippen molar-refractivity contribution in [1.29, 1.82) is 0 Å². The van der Waals surface area contributed by atoms with Crippen molar-refractivity contribution in [2.24, 2.45) is 5.10 Å². The molecule has 0 aromatic heterocycles. The summed E-state index contributed by atoms with van der Waals surface area (Å²) >= 11 is 12.2. The highest BCUT2D eigenvalue weighted by atomic mass is 35.5. The standard InChI is InChI=1S/C24H21Cl2N3O5/c1-32-19-5-3-4-16(12-19)24(31)29-27-13-15-10-20(26)23(21(11-15)33-2)34-14-22(30)28-18-8-6-17(25)7-9-18/h3-13H,14H2,1-2H3,(H,28,30)(H,29,31)/b27-13+. The van der Waals surface area contributed by atoms with E-state index in [1.807, 2.05) is 0 Å². The first kappa shape index (κ1) is 24.9. The zero-order valence-electron chi connectivity index (χ0n) is 18.3. The van der Waals surface area contributed by atoms with Crippen molar-refractivity contribution in [2.75, 3.05) is 26.1 Å². The molecule has 0 unspecified atom stereocenters. The van der Waals surface area contributed by atoms with Crippen LogP contribution in [-0.4, -0.2) is 38.9 Å². The zero-order valence-corrected chi connectivity index (χ0v) is 19.8. The van der Waals surface area contributed by atoms with Crippen molar-refractivity contribution in [2.45, 2.75) is 0 Å². The van der Waals surface area contributed by atoms with E-state index in [-0.39, 0.29) is 23.3 Å². The van der Waals surface area contributed by atoms with Crippen molar-refractivity contribution in [3.63, 3.8) is 0 Å². The second-order valence-electron chi connectivity index (χ2n) is 6.81. The van der Waals surface area contributed by atoms with E-state index in [2.05, 4.69) is 15.8 Å². The van der Waals surface area contributed by atoms with Crippen LogP contribution >= 0.6 is 23.2 Å². The number of benzene rings is 3. The molecule has 34 heavy (non-hydrogen) atoms. The van der Waals surface area contributed by atoms with Crippen molar-refractivity contribution < 1.29 is 23.8 Å². The van der Waals surface area contributed by atoms with E-state index < -0.39 is 5.91 Å². The van der Waals surface area contributed by atoms with Gasteiger partial charge in [0.2, 0.25) is 0 Å². The summed E-state index contributed by atoms with van der Waals surface area (Å²) in [4.78, 5) is 24.4. The predicted octanol–water partition coefficient (Wildman–Crippen LogP) is 4.79. The molecule has 0 bridgehead atoms. The highest BCUT2D eigenvalue weighted by Crippen LogP contribution is 2.36. The van der Waals surface area contributed by atoms with E-state index in [0.29, 0.717) is 33.3 Å². The van der Waals surface area contributed by atoms with Crippen LogP contribution in [0.15, 0.2) is 65.8 Å². The number of methoxy groups -OCH3 is 2. The van der Waals surface area contributed by atoms with E-state index in [0.717, 1.165) is 0 Å². The summed E-state index contributed by atoms with van der Waals surface area (Å²) in [7, 11) is 2.96. The Morgan fingerprint density at radius 1 is 1.00 bits per heavy atom. The van der Waals surface area contributed by atoms with Gasteiger partial charge < -0.3 is 19.5 Å². The molecule has 3 aromatic carbocycles. The number of hydrogen-bond acceptors (Lipinski definition) is 6. The van der Waals surface area contributed by atoms with Gasteiger partial charge in [-0.15, -0.1) is 0 Å². The second-order valence-corrected chi connectivity index (χ2v) is 7.65. The molecule has 0 aliphatic carbocycles. The van der Waals surface area contributed by atoms with Gasteiger partial charge in [-0.1, -0.05) is 29.3 Å². The average molecular weight is 502 g/mol. The summed E-state index contributed by atoms with van der Waals surface area (Å²) in [6.07, 6.45) is 1.41. The molecule has 0 aliphatic heterocycles. The highest BCUT2D eigenvalue weighted by molar-refractivity contribution is 6.32. The van der Waals surface area contributed by atoms with Gasteiger partial charge in [-0.25, -0.2) is 5.43 Å². The molecule has 0 spiro atoms. The maximum absolute atomic E-state index is 12.2. The van der Waals surface area contributed by atoms with Gasteiger partial charge in [0.15, 0.2) is 18.1 Å². The van der Waals surface area contributed by atoms with Gasteiger partial charge in [-0.2, -0.15) is 5.10 Å². The van der Waals surface area contributed by atoms with Crippen LogP contribution in [0.4, 0.5) is 5.69 Å². The normalized spacial score (nSPS) is 10.6. The van der Waals surface area contributed by atoms with E-state index in [1.54, 1.807) is 60.7 Å². The van der Waals surface area contributed by atoms with Gasteiger partial charge in [0.25, 0.3) is 11.8 Å². The minimum atomic E-state index is -0.403. The van der Waals surface area contributed by atoms with E-state index in [1.165, 1.54) is 20.4 Å². The Morgan fingerprint density at radius 3 is 2.47 bits per heavy atom. The van der Waals surface area contributed by atoms with Crippen molar-refractivity contribution >= 4 is 46.9 Å². The molecule has 3 rings (SSSR count). The average Bonchev–Trinajstić information content (AvgIpc) is 2.84. The third kappa shape index (κ3) is 6.87. The molecule has 3 aromatic rings. The Labute approximate surface area is 206 Å². The van der Waals surface area contributed by atoms with Crippen LogP contribution in [0, 0.1) is 0 Å². The van der Waals surface area contributed by atoms with Crippen LogP contribution in [0.1, 0.15) is 15.9 Å². The summed E-state index contributed by atoms with van der Waals surface area (Å²) in [6.45, 7) is -0.289. The molecule has 0 radical (unpaired) electrons. The molecule has 0 saturated carbocycles. The fraction of sp³-hybridized carbons (Fsp3) is 0.125. The largest absolute Gasteiger partial charge is 0.497 e. The fourth-order valence-electron chi connectivity index (χ4n) is 2.82. The number of nitrogens with one attached hydrogen (secondary N) is 2. The smallest absolute Gasteiger partial charge is 0.271 e. The molecule has 2 N–H and O–H groups in total. The summed E-state index contributed by atoms with van der Waals surface area (Å²) in [5.41, 5.74) is 3.96. The number of ether oxygens (including phenoxy) is 3. The van der Waals surface area contributed by atoms with Gasteiger partial charge in [0.1, 0.15) is 5.75 Å². The van der Waals surface area contributed by atoms with Crippen LogP contribution in [-0.2, 0) is 4.79 Å². The Morgan fingerprint density at radius 2 is 1.76 bits per heavy atom. The van der Waals surface area contributed by atoms with Gasteiger partial charge in [-0.05, 0) is 60.2 Å². The van der Waals surface area contributed by atoms with Gasteiger partial charge in [0.05, 0.1) is 25.5 Å². The molecule has 176 valence electrons. The molecule has 2 amide bonds. The number of amides is 2. The lowest BCUT2D eigenvalue weighted by atomic mass is 10.2. The summed E-state index contributed by atoms with van der Waals surface area (Å²) in [6, 6.07) is 16.5. The highest BCUT2D eigenvalue weighted by Gasteiger charge is 2.14. The molecule has 0 aliphatic rings. The van der Waals surface area contributed by atoms with Crippen molar-refractivity contribution in [3.8, 4) is 17.2 Å².